The van der Waals surface area contributed by atoms with E-state index < -0.39 is 0 Å². The lowest BCUT2D eigenvalue weighted by Gasteiger charge is -2.12. The van der Waals surface area contributed by atoms with Gasteiger partial charge in [-0.2, -0.15) is 4.98 Å². The van der Waals surface area contributed by atoms with Gasteiger partial charge in [0.25, 0.3) is 0 Å². The van der Waals surface area contributed by atoms with Gasteiger partial charge in [0.2, 0.25) is 5.95 Å². The molecular formula is C23H26N4O2. The molecule has 2 N–H and O–H groups in total. The van der Waals surface area contributed by atoms with E-state index in [2.05, 4.69) is 34.4 Å². The second-order valence-corrected chi connectivity index (χ2v) is 7.13. The number of nitrogens with one attached hydrogen (secondary N) is 2. The molecule has 29 heavy (non-hydrogen) atoms. The summed E-state index contributed by atoms with van der Waals surface area (Å²) in [6, 6.07) is 19.0. The van der Waals surface area contributed by atoms with Crippen molar-refractivity contribution in [2.75, 3.05) is 24.3 Å². The minimum atomic E-state index is -0.360. The molecule has 0 radical (unpaired) electrons. The first-order valence-corrected chi connectivity index (χ1v) is 9.69. The molecule has 1 aromatic heterocycles. The summed E-state index contributed by atoms with van der Waals surface area (Å²) in [6.45, 7) is 5.19. The molecule has 2 aromatic carbocycles. The predicted octanol–water partition coefficient (Wildman–Crippen LogP) is 5.13. The maximum absolute atomic E-state index is 11.6. The summed E-state index contributed by atoms with van der Waals surface area (Å²) in [6.07, 6.45) is 1.04. The first kappa shape index (κ1) is 20.3. The summed E-state index contributed by atoms with van der Waals surface area (Å²) in [5.41, 5.74) is 3.18. The van der Waals surface area contributed by atoms with E-state index in [4.69, 9.17) is 4.74 Å². The first-order valence-electron chi connectivity index (χ1n) is 9.69. The molecule has 0 spiro atoms. The molecule has 6 heteroatoms. The molecule has 0 fully saturated rings. The number of ether oxygens (including phenoxy) is 1. The van der Waals surface area contributed by atoms with Crippen LogP contribution in [-0.2, 0) is 4.74 Å². The quantitative estimate of drug-likeness (QED) is 0.519. The summed E-state index contributed by atoms with van der Waals surface area (Å²) < 4.78 is 4.74. The van der Waals surface area contributed by atoms with Crippen molar-refractivity contribution in [3.63, 3.8) is 0 Å². The minimum absolute atomic E-state index is 0.360. The minimum Gasteiger partial charge on any atom is -0.465 e. The highest BCUT2D eigenvalue weighted by atomic mass is 16.5. The van der Waals surface area contributed by atoms with Crippen LogP contribution in [0.4, 0.5) is 17.5 Å². The molecule has 3 aromatic rings. The summed E-state index contributed by atoms with van der Waals surface area (Å²) in [5, 5.41) is 6.62. The molecule has 0 unspecified atom stereocenters. The summed E-state index contributed by atoms with van der Waals surface area (Å²) >= 11 is 0. The second kappa shape index (κ2) is 9.68. The number of hydrogen-bond donors (Lipinski definition) is 2. The number of anilines is 3. The van der Waals surface area contributed by atoms with Crippen LogP contribution in [0.2, 0.25) is 0 Å². The summed E-state index contributed by atoms with van der Waals surface area (Å²) in [4.78, 5) is 20.9. The molecule has 0 atom stereocenters. The Morgan fingerprint density at radius 1 is 1.03 bits per heavy atom. The number of esters is 1. The normalized spacial score (nSPS) is 10.6. The Morgan fingerprint density at radius 3 is 2.41 bits per heavy atom. The van der Waals surface area contributed by atoms with E-state index in [1.165, 1.54) is 7.11 Å². The van der Waals surface area contributed by atoms with Crippen molar-refractivity contribution >= 4 is 23.4 Å². The fourth-order valence-electron chi connectivity index (χ4n) is 2.78. The number of nitrogens with zero attached hydrogens (tertiary/aromatic N) is 2. The zero-order valence-corrected chi connectivity index (χ0v) is 17.0. The van der Waals surface area contributed by atoms with Crippen LogP contribution in [0.3, 0.4) is 0 Å². The predicted molar refractivity (Wildman–Crippen MR) is 116 cm³/mol. The maximum Gasteiger partial charge on any atom is 0.337 e. The number of methoxy groups -OCH3 is 1. The van der Waals surface area contributed by atoms with E-state index in [0.29, 0.717) is 23.2 Å². The lowest BCUT2D eigenvalue weighted by Crippen LogP contribution is -2.09. The van der Waals surface area contributed by atoms with Crippen LogP contribution >= 0.6 is 0 Å². The number of benzene rings is 2. The van der Waals surface area contributed by atoms with Crippen LogP contribution in [0.15, 0.2) is 60.7 Å². The SMILES string of the molecule is COC(=O)c1ccc(Nc2cc(-c3ccccc3)nc(NCCC(C)C)n2)cc1. The van der Waals surface area contributed by atoms with Crippen LogP contribution in [0.1, 0.15) is 30.6 Å². The first-order chi connectivity index (χ1) is 14.0. The van der Waals surface area contributed by atoms with E-state index in [-0.39, 0.29) is 5.97 Å². The van der Waals surface area contributed by atoms with Gasteiger partial charge in [0, 0.05) is 23.9 Å². The van der Waals surface area contributed by atoms with Gasteiger partial charge in [-0.25, -0.2) is 9.78 Å². The van der Waals surface area contributed by atoms with E-state index in [9.17, 15) is 4.79 Å². The lowest BCUT2D eigenvalue weighted by atomic mass is 10.1. The van der Waals surface area contributed by atoms with Gasteiger partial charge < -0.3 is 15.4 Å². The van der Waals surface area contributed by atoms with Crippen LogP contribution in [0.5, 0.6) is 0 Å². The van der Waals surface area contributed by atoms with Gasteiger partial charge in [0.15, 0.2) is 0 Å². The highest BCUT2D eigenvalue weighted by molar-refractivity contribution is 5.89. The monoisotopic (exact) mass is 390 g/mol. The number of hydrogen-bond acceptors (Lipinski definition) is 6. The number of carbonyl (C=O) groups is 1. The average Bonchev–Trinajstić information content (AvgIpc) is 2.74. The third kappa shape index (κ3) is 5.78. The van der Waals surface area contributed by atoms with E-state index >= 15 is 0 Å². The van der Waals surface area contributed by atoms with Crippen molar-refractivity contribution in [2.24, 2.45) is 5.92 Å². The van der Waals surface area contributed by atoms with Crippen molar-refractivity contribution in [2.45, 2.75) is 20.3 Å². The standard InChI is InChI=1S/C23H26N4O2/c1-16(2)13-14-24-23-26-20(17-7-5-4-6-8-17)15-21(27-23)25-19-11-9-18(10-12-19)22(28)29-3/h4-12,15-16H,13-14H2,1-3H3,(H2,24,25,26,27). The molecule has 150 valence electrons. The van der Waals surface area contributed by atoms with Gasteiger partial charge in [-0.15, -0.1) is 0 Å². The molecule has 0 aliphatic heterocycles. The van der Waals surface area contributed by atoms with Crippen molar-refractivity contribution in [1.29, 1.82) is 0 Å². The lowest BCUT2D eigenvalue weighted by molar-refractivity contribution is 0.0601. The van der Waals surface area contributed by atoms with Crippen LogP contribution in [0, 0.1) is 5.92 Å². The number of rotatable bonds is 8. The fourth-order valence-corrected chi connectivity index (χ4v) is 2.78. The van der Waals surface area contributed by atoms with Crippen molar-refractivity contribution in [3.8, 4) is 11.3 Å². The third-order valence-electron chi connectivity index (χ3n) is 4.38. The van der Waals surface area contributed by atoms with Gasteiger partial charge in [0.05, 0.1) is 18.4 Å². The molecule has 0 aliphatic rings. The van der Waals surface area contributed by atoms with Gasteiger partial charge in [-0.3, -0.25) is 0 Å². The Labute approximate surface area is 171 Å². The van der Waals surface area contributed by atoms with Crippen LogP contribution in [-0.4, -0.2) is 29.6 Å². The van der Waals surface area contributed by atoms with Gasteiger partial charge >= 0.3 is 5.97 Å². The zero-order chi connectivity index (χ0) is 20.6. The molecule has 1 heterocycles. The zero-order valence-electron chi connectivity index (χ0n) is 17.0. The highest BCUT2D eigenvalue weighted by Gasteiger charge is 2.09. The Hall–Kier alpha value is -3.41. The molecule has 0 saturated heterocycles. The van der Waals surface area contributed by atoms with Crippen molar-refractivity contribution in [3.05, 3.63) is 66.2 Å². The Kier molecular flexibility index (Phi) is 6.79. The summed E-state index contributed by atoms with van der Waals surface area (Å²) in [7, 11) is 1.37. The number of aromatic nitrogens is 2. The highest BCUT2D eigenvalue weighted by Crippen LogP contribution is 2.24. The average molecular weight is 390 g/mol. The van der Waals surface area contributed by atoms with E-state index in [0.717, 1.165) is 29.9 Å². The Bertz CT molecular complexity index is 941. The summed E-state index contributed by atoms with van der Waals surface area (Å²) in [5.74, 6) is 1.50. The van der Waals surface area contributed by atoms with Gasteiger partial charge in [-0.1, -0.05) is 44.2 Å². The molecule has 0 amide bonds. The smallest absolute Gasteiger partial charge is 0.337 e. The topological polar surface area (TPSA) is 76.1 Å². The van der Waals surface area contributed by atoms with Crippen molar-refractivity contribution in [1.82, 2.24) is 9.97 Å². The largest absolute Gasteiger partial charge is 0.465 e. The van der Waals surface area contributed by atoms with Crippen LogP contribution < -0.4 is 10.6 Å². The molecule has 0 bridgehead atoms. The Balaban J connectivity index is 1.85. The Morgan fingerprint density at radius 2 is 1.76 bits per heavy atom. The maximum atomic E-state index is 11.6. The molecule has 0 aliphatic carbocycles. The van der Waals surface area contributed by atoms with Crippen molar-refractivity contribution < 1.29 is 9.53 Å². The van der Waals surface area contributed by atoms with E-state index in [1.54, 1.807) is 12.1 Å². The van der Waals surface area contributed by atoms with E-state index in [1.807, 2.05) is 48.5 Å². The molecule has 6 nitrogen and oxygen atoms in total. The third-order valence-corrected chi connectivity index (χ3v) is 4.38. The molecule has 3 rings (SSSR count). The second-order valence-electron chi connectivity index (χ2n) is 7.13. The van der Waals surface area contributed by atoms with Gasteiger partial charge in [-0.05, 0) is 36.6 Å². The fraction of sp³-hybridized carbons (Fsp3) is 0.261. The van der Waals surface area contributed by atoms with Gasteiger partial charge in [0.1, 0.15) is 5.82 Å². The molecular weight excluding hydrogens is 364 g/mol. The van der Waals surface area contributed by atoms with Crippen LogP contribution in [0.25, 0.3) is 11.3 Å². The number of carbonyl (C=O) groups excluding carboxylic acids is 1. The molecule has 0 saturated carbocycles.